The van der Waals surface area contributed by atoms with Crippen LogP contribution < -0.4 is 5.73 Å². The number of nitrogens with zero attached hydrogens (tertiary/aromatic N) is 3. The number of nitrogens with two attached hydrogens (primary N) is 1. The fourth-order valence-electron chi connectivity index (χ4n) is 1.47. The van der Waals surface area contributed by atoms with Gasteiger partial charge in [-0.3, -0.25) is 10.1 Å². The zero-order valence-electron chi connectivity index (χ0n) is 9.06. The summed E-state index contributed by atoms with van der Waals surface area (Å²) in [5, 5.41) is 7.09. The van der Waals surface area contributed by atoms with Crippen molar-refractivity contribution in [2.45, 2.75) is 19.3 Å². The highest BCUT2D eigenvalue weighted by Crippen LogP contribution is 2.12. The van der Waals surface area contributed by atoms with Crippen LogP contribution in [0.15, 0.2) is 24.5 Å². The van der Waals surface area contributed by atoms with Gasteiger partial charge < -0.3 is 5.73 Å². The standard InChI is InChI=1S/C11H15N5/c12-6-2-1-5-10-14-11(16-15-10)9-4-3-7-13-8-9/h3-4,7-8H,1-2,5-6,12H2,(H,14,15,16). The first-order chi connectivity index (χ1) is 7.90. The maximum Gasteiger partial charge on any atom is 0.182 e. The van der Waals surface area contributed by atoms with Crippen LogP contribution in [0.4, 0.5) is 0 Å². The van der Waals surface area contributed by atoms with Crippen molar-refractivity contribution in [1.82, 2.24) is 20.2 Å². The van der Waals surface area contributed by atoms with Gasteiger partial charge in [0.15, 0.2) is 5.82 Å². The lowest BCUT2D eigenvalue weighted by Crippen LogP contribution is -1.99. The van der Waals surface area contributed by atoms with Crippen molar-refractivity contribution in [3.05, 3.63) is 30.4 Å². The maximum atomic E-state index is 5.43. The van der Waals surface area contributed by atoms with E-state index in [0.29, 0.717) is 5.82 Å². The Morgan fingerprint density at radius 2 is 2.25 bits per heavy atom. The number of aromatic nitrogens is 4. The average Bonchev–Trinajstić information content (AvgIpc) is 2.79. The van der Waals surface area contributed by atoms with Crippen LogP contribution in [0.1, 0.15) is 18.7 Å². The third-order valence-electron chi connectivity index (χ3n) is 2.32. The molecule has 0 spiro atoms. The van der Waals surface area contributed by atoms with Crippen LogP contribution in [0.2, 0.25) is 0 Å². The Bertz CT molecular complexity index is 423. The first kappa shape index (κ1) is 10.8. The van der Waals surface area contributed by atoms with Gasteiger partial charge >= 0.3 is 0 Å². The molecule has 0 unspecified atom stereocenters. The van der Waals surface area contributed by atoms with Gasteiger partial charge in [-0.05, 0) is 31.5 Å². The van der Waals surface area contributed by atoms with Gasteiger partial charge in [-0.1, -0.05) is 0 Å². The molecule has 0 bridgehead atoms. The highest BCUT2D eigenvalue weighted by atomic mass is 15.2. The Morgan fingerprint density at radius 1 is 1.31 bits per heavy atom. The first-order valence-corrected chi connectivity index (χ1v) is 5.42. The molecule has 16 heavy (non-hydrogen) atoms. The minimum Gasteiger partial charge on any atom is -0.330 e. The second kappa shape index (κ2) is 5.37. The zero-order valence-corrected chi connectivity index (χ0v) is 9.06. The van der Waals surface area contributed by atoms with Crippen LogP contribution in [0.25, 0.3) is 11.4 Å². The summed E-state index contributed by atoms with van der Waals surface area (Å²) in [5.74, 6) is 1.61. The van der Waals surface area contributed by atoms with E-state index in [9.17, 15) is 0 Å². The van der Waals surface area contributed by atoms with E-state index in [0.717, 1.165) is 37.2 Å². The Hall–Kier alpha value is -1.75. The molecule has 0 atom stereocenters. The Labute approximate surface area is 94.1 Å². The molecule has 3 N–H and O–H groups in total. The molecule has 0 saturated heterocycles. The lowest BCUT2D eigenvalue weighted by molar-refractivity contribution is 0.718. The predicted octanol–water partition coefficient (Wildman–Crippen LogP) is 1.15. The predicted molar refractivity (Wildman–Crippen MR) is 61.6 cm³/mol. The SMILES string of the molecule is NCCCCc1nc(-c2cccnc2)n[nH]1. The van der Waals surface area contributed by atoms with Gasteiger partial charge in [-0.2, -0.15) is 5.10 Å². The van der Waals surface area contributed by atoms with Gasteiger partial charge in [0.25, 0.3) is 0 Å². The van der Waals surface area contributed by atoms with Crippen LogP contribution in [-0.4, -0.2) is 26.7 Å². The third-order valence-corrected chi connectivity index (χ3v) is 2.32. The topological polar surface area (TPSA) is 80.5 Å². The summed E-state index contributed by atoms with van der Waals surface area (Å²) in [6, 6.07) is 3.82. The van der Waals surface area contributed by atoms with Crippen molar-refractivity contribution in [1.29, 1.82) is 0 Å². The minimum atomic E-state index is 0.704. The Morgan fingerprint density at radius 3 is 3.00 bits per heavy atom. The fourth-order valence-corrected chi connectivity index (χ4v) is 1.47. The maximum absolute atomic E-state index is 5.43. The molecule has 5 heteroatoms. The van der Waals surface area contributed by atoms with E-state index >= 15 is 0 Å². The lowest BCUT2D eigenvalue weighted by Gasteiger charge is -1.93. The van der Waals surface area contributed by atoms with Crippen LogP contribution in [0.3, 0.4) is 0 Å². The van der Waals surface area contributed by atoms with Crippen molar-refractivity contribution in [3.63, 3.8) is 0 Å². The summed E-state index contributed by atoms with van der Waals surface area (Å²) in [6.07, 6.45) is 6.44. The van der Waals surface area contributed by atoms with E-state index in [1.807, 2.05) is 12.1 Å². The summed E-state index contributed by atoms with van der Waals surface area (Å²) in [7, 11) is 0. The third kappa shape index (κ3) is 2.64. The number of aryl methyl sites for hydroxylation is 1. The highest BCUT2D eigenvalue weighted by Gasteiger charge is 2.04. The number of aromatic amines is 1. The van der Waals surface area contributed by atoms with E-state index in [4.69, 9.17) is 5.73 Å². The lowest BCUT2D eigenvalue weighted by atomic mass is 10.2. The van der Waals surface area contributed by atoms with E-state index < -0.39 is 0 Å². The fraction of sp³-hybridized carbons (Fsp3) is 0.364. The summed E-state index contributed by atoms with van der Waals surface area (Å²) in [5.41, 5.74) is 6.37. The van der Waals surface area contributed by atoms with Gasteiger partial charge in [-0.25, -0.2) is 4.98 Å². The summed E-state index contributed by atoms with van der Waals surface area (Å²) >= 11 is 0. The number of H-pyrrole nitrogens is 1. The zero-order chi connectivity index (χ0) is 11.2. The largest absolute Gasteiger partial charge is 0.330 e. The van der Waals surface area contributed by atoms with Crippen LogP contribution in [-0.2, 0) is 6.42 Å². The highest BCUT2D eigenvalue weighted by molar-refractivity contribution is 5.52. The molecular weight excluding hydrogens is 202 g/mol. The quantitative estimate of drug-likeness (QED) is 0.736. The molecule has 0 aromatic carbocycles. The number of pyridine rings is 1. The van der Waals surface area contributed by atoms with Crippen molar-refractivity contribution >= 4 is 0 Å². The molecule has 2 aromatic heterocycles. The molecule has 2 rings (SSSR count). The summed E-state index contributed by atoms with van der Waals surface area (Å²) < 4.78 is 0. The smallest absolute Gasteiger partial charge is 0.182 e. The minimum absolute atomic E-state index is 0.704. The molecule has 0 saturated carbocycles. The normalized spacial score (nSPS) is 10.6. The number of rotatable bonds is 5. The Kier molecular flexibility index (Phi) is 3.61. The van der Waals surface area contributed by atoms with E-state index in [2.05, 4.69) is 20.2 Å². The van der Waals surface area contributed by atoms with Crippen LogP contribution >= 0.6 is 0 Å². The van der Waals surface area contributed by atoms with Crippen molar-refractivity contribution < 1.29 is 0 Å². The van der Waals surface area contributed by atoms with Crippen LogP contribution in [0.5, 0.6) is 0 Å². The monoisotopic (exact) mass is 217 g/mol. The number of unbranched alkanes of at least 4 members (excludes halogenated alkanes) is 1. The molecule has 5 nitrogen and oxygen atoms in total. The van der Waals surface area contributed by atoms with E-state index in [-0.39, 0.29) is 0 Å². The summed E-state index contributed by atoms with van der Waals surface area (Å²) in [4.78, 5) is 8.44. The van der Waals surface area contributed by atoms with Gasteiger partial charge in [0.05, 0.1) is 0 Å². The average molecular weight is 217 g/mol. The second-order valence-corrected chi connectivity index (χ2v) is 3.59. The summed E-state index contributed by atoms with van der Waals surface area (Å²) in [6.45, 7) is 0.726. The van der Waals surface area contributed by atoms with E-state index in [1.165, 1.54) is 0 Å². The van der Waals surface area contributed by atoms with Crippen LogP contribution in [0, 0.1) is 0 Å². The first-order valence-electron chi connectivity index (χ1n) is 5.42. The molecule has 0 fully saturated rings. The van der Waals surface area contributed by atoms with Gasteiger partial charge in [0, 0.05) is 24.4 Å². The van der Waals surface area contributed by atoms with Crippen molar-refractivity contribution in [2.75, 3.05) is 6.54 Å². The van der Waals surface area contributed by atoms with Crippen molar-refractivity contribution in [2.24, 2.45) is 5.73 Å². The number of hydrogen-bond acceptors (Lipinski definition) is 4. The molecule has 2 heterocycles. The molecule has 0 aliphatic rings. The number of nitrogens with one attached hydrogen (secondary N) is 1. The molecule has 0 radical (unpaired) electrons. The van der Waals surface area contributed by atoms with Gasteiger partial charge in [0.2, 0.25) is 0 Å². The Balaban J connectivity index is 2.02. The molecule has 2 aromatic rings. The van der Waals surface area contributed by atoms with Crippen molar-refractivity contribution in [3.8, 4) is 11.4 Å². The van der Waals surface area contributed by atoms with Gasteiger partial charge in [-0.15, -0.1) is 0 Å². The molecule has 0 amide bonds. The molecular formula is C11H15N5. The number of hydrogen-bond donors (Lipinski definition) is 2. The molecule has 0 aliphatic heterocycles. The molecule has 0 aliphatic carbocycles. The molecule has 84 valence electrons. The van der Waals surface area contributed by atoms with Gasteiger partial charge in [0.1, 0.15) is 5.82 Å². The second-order valence-electron chi connectivity index (χ2n) is 3.59. The van der Waals surface area contributed by atoms with E-state index in [1.54, 1.807) is 12.4 Å².